The quantitative estimate of drug-likeness (QED) is 0.781. The maximum atomic E-state index is 13.3. The van der Waals surface area contributed by atoms with E-state index in [1.54, 1.807) is 12.1 Å². The van der Waals surface area contributed by atoms with Gasteiger partial charge in [-0.15, -0.1) is 0 Å². The maximum absolute atomic E-state index is 13.3. The van der Waals surface area contributed by atoms with Gasteiger partial charge in [0.1, 0.15) is 6.54 Å². The molecule has 0 radical (unpaired) electrons. The molecule has 2 amide bonds. The van der Waals surface area contributed by atoms with Crippen LogP contribution in [0.25, 0.3) is 0 Å². The van der Waals surface area contributed by atoms with Gasteiger partial charge in [0, 0.05) is 28.6 Å². The van der Waals surface area contributed by atoms with Crippen molar-refractivity contribution in [2.45, 2.75) is 64.0 Å². The normalized spacial score (nSPS) is 16.3. The average molecular weight is 410 g/mol. The zero-order valence-corrected chi connectivity index (χ0v) is 16.9. The molecule has 0 saturated heterocycles. The minimum atomic E-state index is -0.542. The van der Waals surface area contributed by atoms with Crippen LogP contribution in [0.1, 0.15) is 66.2 Å². The maximum Gasteiger partial charge on any atom is 0.331 e. The molecule has 8 heteroatoms. The van der Waals surface area contributed by atoms with E-state index >= 15 is 0 Å². The lowest BCUT2D eigenvalue weighted by Gasteiger charge is -2.25. The van der Waals surface area contributed by atoms with E-state index in [1.165, 1.54) is 21.3 Å². The van der Waals surface area contributed by atoms with Crippen LogP contribution in [-0.4, -0.2) is 20.9 Å². The van der Waals surface area contributed by atoms with Crippen molar-refractivity contribution in [1.82, 2.24) is 9.13 Å². The zero-order chi connectivity index (χ0) is 21.3. The van der Waals surface area contributed by atoms with Crippen molar-refractivity contribution >= 4 is 17.5 Å². The Balaban J connectivity index is 1.62. The molecule has 0 spiro atoms. The number of primary amides is 1. The molecular weight excluding hydrogens is 384 g/mol. The Morgan fingerprint density at radius 3 is 2.37 bits per heavy atom. The molecule has 2 aliphatic carbocycles. The van der Waals surface area contributed by atoms with Crippen molar-refractivity contribution in [2.75, 3.05) is 5.32 Å². The van der Waals surface area contributed by atoms with E-state index in [2.05, 4.69) is 5.32 Å². The summed E-state index contributed by atoms with van der Waals surface area (Å²) in [5, 5.41) is 2.75. The van der Waals surface area contributed by atoms with Gasteiger partial charge >= 0.3 is 5.69 Å². The van der Waals surface area contributed by atoms with Crippen LogP contribution in [0.15, 0.2) is 33.9 Å². The Kier molecular flexibility index (Phi) is 5.57. The van der Waals surface area contributed by atoms with Crippen molar-refractivity contribution < 1.29 is 9.59 Å². The van der Waals surface area contributed by atoms with E-state index < -0.39 is 5.91 Å². The van der Waals surface area contributed by atoms with Crippen molar-refractivity contribution in [1.29, 1.82) is 0 Å². The number of fused-ring (bicyclic) bond motifs is 1. The smallest absolute Gasteiger partial charge is 0.331 e. The summed E-state index contributed by atoms with van der Waals surface area (Å²) < 4.78 is 2.88. The average Bonchev–Trinajstić information content (AvgIpc) is 3.23. The Labute approximate surface area is 173 Å². The van der Waals surface area contributed by atoms with Crippen LogP contribution in [0.4, 0.5) is 5.69 Å². The van der Waals surface area contributed by atoms with Gasteiger partial charge in [0.2, 0.25) is 11.8 Å². The summed E-state index contributed by atoms with van der Waals surface area (Å²) in [6.45, 7) is -0.147. The molecule has 2 aromatic rings. The molecule has 1 saturated carbocycles. The number of nitrogens with zero attached hydrogens (tertiary/aromatic N) is 2. The molecule has 1 fully saturated rings. The molecule has 2 aliphatic rings. The Morgan fingerprint density at radius 2 is 1.70 bits per heavy atom. The van der Waals surface area contributed by atoms with Crippen LogP contribution in [0.3, 0.4) is 0 Å². The van der Waals surface area contributed by atoms with Crippen molar-refractivity contribution in [2.24, 2.45) is 5.73 Å². The number of carbonyl (C=O) groups excluding carboxylic acids is 2. The highest BCUT2D eigenvalue weighted by molar-refractivity contribution is 5.94. The molecule has 3 N–H and O–H groups in total. The lowest BCUT2D eigenvalue weighted by atomic mass is 9.95. The third-order valence-corrected chi connectivity index (χ3v) is 6.12. The number of anilines is 1. The molecule has 1 aromatic carbocycles. The Morgan fingerprint density at radius 1 is 1.00 bits per heavy atom. The minimum Gasteiger partial charge on any atom is -0.366 e. The molecular formula is C22H26N4O4. The molecule has 1 heterocycles. The van der Waals surface area contributed by atoms with Crippen LogP contribution in [0, 0.1) is 0 Å². The summed E-state index contributed by atoms with van der Waals surface area (Å²) in [5.74, 6) is -0.896. The number of hydrogen-bond donors (Lipinski definition) is 2. The molecule has 158 valence electrons. The van der Waals surface area contributed by atoms with E-state index in [1.807, 2.05) is 0 Å². The van der Waals surface area contributed by atoms with E-state index in [4.69, 9.17) is 5.73 Å². The summed E-state index contributed by atoms with van der Waals surface area (Å²) in [6.07, 6.45) is 6.89. The number of rotatable bonds is 5. The summed E-state index contributed by atoms with van der Waals surface area (Å²) in [6, 6.07) is 6.17. The van der Waals surface area contributed by atoms with Crippen molar-refractivity contribution in [3.05, 3.63) is 61.9 Å². The van der Waals surface area contributed by atoms with Gasteiger partial charge in [0.15, 0.2) is 0 Å². The first kappa shape index (κ1) is 20.1. The minimum absolute atomic E-state index is 0.0831. The molecule has 8 nitrogen and oxygen atoms in total. The highest BCUT2D eigenvalue weighted by Gasteiger charge is 2.27. The first-order chi connectivity index (χ1) is 14.5. The van der Waals surface area contributed by atoms with Crippen molar-refractivity contribution in [3.8, 4) is 0 Å². The molecule has 0 atom stereocenters. The highest BCUT2D eigenvalue weighted by atomic mass is 16.2. The third kappa shape index (κ3) is 3.81. The molecule has 30 heavy (non-hydrogen) atoms. The number of nitrogens with one attached hydrogen (secondary N) is 1. The van der Waals surface area contributed by atoms with E-state index in [0.717, 1.165) is 38.5 Å². The third-order valence-electron chi connectivity index (χ3n) is 6.12. The standard InChI is InChI=1S/C22H26N4O4/c23-20(28)14-9-11-15(12-10-14)24-19(27)13-25-18-8-4-7-17(18)21(29)26(22(25)30)16-5-2-1-3-6-16/h9-12,16H,1-8,13H2,(H2,23,28)(H,24,27). The fraction of sp³-hybridized carbons (Fsp3) is 0.455. The molecule has 0 bridgehead atoms. The lowest BCUT2D eigenvalue weighted by molar-refractivity contribution is -0.116. The largest absolute Gasteiger partial charge is 0.366 e. The van der Waals surface area contributed by atoms with Crippen LogP contribution in [-0.2, 0) is 24.2 Å². The second kappa shape index (κ2) is 8.30. The van der Waals surface area contributed by atoms with Crippen LogP contribution in [0.2, 0.25) is 0 Å². The lowest BCUT2D eigenvalue weighted by Crippen LogP contribution is -2.46. The Bertz CT molecular complexity index is 1090. The van der Waals surface area contributed by atoms with Gasteiger partial charge < -0.3 is 11.1 Å². The van der Waals surface area contributed by atoms with Crippen molar-refractivity contribution in [3.63, 3.8) is 0 Å². The second-order valence-electron chi connectivity index (χ2n) is 8.10. The molecule has 0 unspecified atom stereocenters. The number of amides is 2. The number of nitrogens with two attached hydrogens (primary N) is 1. The first-order valence-electron chi connectivity index (χ1n) is 10.5. The van der Waals surface area contributed by atoms with Gasteiger partial charge in [-0.25, -0.2) is 4.79 Å². The van der Waals surface area contributed by atoms with Crippen LogP contribution in [0.5, 0.6) is 0 Å². The molecule has 0 aliphatic heterocycles. The number of benzene rings is 1. The summed E-state index contributed by atoms with van der Waals surface area (Å²) in [4.78, 5) is 50.1. The van der Waals surface area contributed by atoms with Crippen LogP contribution >= 0.6 is 0 Å². The second-order valence-corrected chi connectivity index (χ2v) is 8.10. The van der Waals surface area contributed by atoms with Gasteiger partial charge in [-0.05, 0) is 56.4 Å². The predicted octanol–water partition coefficient (Wildman–Crippen LogP) is 1.74. The molecule has 1 aromatic heterocycles. The topological polar surface area (TPSA) is 116 Å². The number of aromatic nitrogens is 2. The SMILES string of the molecule is NC(=O)c1ccc(NC(=O)Cn2c3c(c(=O)n(C4CCCCC4)c2=O)CCC3)cc1. The van der Waals surface area contributed by atoms with Gasteiger partial charge in [-0.2, -0.15) is 0 Å². The van der Waals surface area contributed by atoms with Gasteiger partial charge in [-0.3, -0.25) is 23.5 Å². The number of hydrogen-bond acceptors (Lipinski definition) is 4. The first-order valence-corrected chi connectivity index (χ1v) is 10.5. The summed E-state index contributed by atoms with van der Waals surface area (Å²) >= 11 is 0. The fourth-order valence-electron chi connectivity index (χ4n) is 4.62. The van der Waals surface area contributed by atoms with E-state index in [0.29, 0.717) is 35.3 Å². The zero-order valence-electron chi connectivity index (χ0n) is 16.9. The van der Waals surface area contributed by atoms with Gasteiger partial charge in [0.05, 0.1) is 0 Å². The highest BCUT2D eigenvalue weighted by Crippen LogP contribution is 2.27. The van der Waals surface area contributed by atoms with E-state index in [-0.39, 0.29) is 29.7 Å². The molecule has 4 rings (SSSR count). The van der Waals surface area contributed by atoms with Gasteiger partial charge in [-0.1, -0.05) is 19.3 Å². The fourth-order valence-corrected chi connectivity index (χ4v) is 4.62. The predicted molar refractivity (Wildman–Crippen MR) is 113 cm³/mol. The Hall–Kier alpha value is -3.16. The van der Waals surface area contributed by atoms with Crippen LogP contribution < -0.4 is 22.3 Å². The number of carbonyl (C=O) groups is 2. The summed E-state index contributed by atoms with van der Waals surface area (Å²) in [5.41, 5.74) is 6.91. The monoisotopic (exact) mass is 410 g/mol. The summed E-state index contributed by atoms with van der Waals surface area (Å²) in [7, 11) is 0. The van der Waals surface area contributed by atoms with Gasteiger partial charge in [0.25, 0.3) is 5.56 Å². The van der Waals surface area contributed by atoms with E-state index in [9.17, 15) is 19.2 Å².